The normalized spacial score (nSPS) is 14.2. The third-order valence-electron chi connectivity index (χ3n) is 4.66. The lowest BCUT2D eigenvalue weighted by atomic mass is 10.1. The molecule has 27 heavy (non-hydrogen) atoms. The van der Waals surface area contributed by atoms with Crippen LogP contribution in [0.2, 0.25) is 5.02 Å². The highest BCUT2D eigenvalue weighted by atomic mass is 35.5. The fourth-order valence-corrected chi connectivity index (χ4v) is 3.87. The van der Waals surface area contributed by atoms with Gasteiger partial charge in [-0.25, -0.2) is 0 Å². The lowest BCUT2D eigenvalue weighted by molar-refractivity contribution is -0.384. The highest BCUT2D eigenvalue weighted by Crippen LogP contribution is 2.28. The molecular weight excluding hydrogens is 384 g/mol. The summed E-state index contributed by atoms with van der Waals surface area (Å²) >= 11 is 11.9. The smallest absolute Gasteiger partial charge is 0.269 e. The summed E-state index contributed by atoms with van der Waals surface area (Å²) in [4.78, 5) is 14.7. The molecule has 1 heterocycles. The molecule has 1 aliphatic rings. The first kappa shape index (κ1) is 19.4. The first-order valence-corrected chi connectivity index (χ1v) is 9.46. The van der Waals surface area contributed by atoms with Gasteiger partial charge >= 0.3 is 0 Å². The maximum absolute atomic E-state index is 10.8. The summed E-state index contributed by atoms with van der Waals surface area (Å²) in [5, 5.41) is 15.4. The number of nitro benzene ring substituents is 1. The number of rotatable bonds is 3. The number of nitro groups is 1. The molecule has 2 aromatic rings. The fourth-order valence-electron chi connectivity index (χ4n) is 3.21. The fraction of sp³-hybridized carbons (Fsp3) is 0.316. The number of halogens is 1. The molecule has 0 aromatic heterocycles. The largest absolute Gasteiger partial charge is 0.368 e. The highest BCUT2D eigenvalue weighted by Gasteiger charge is 2.20. The van der Waals surface area contributed by atoms with Gasteiger partial charge in [0, 0.05) is 44.0 Å². The van der Waals surface area contributed by atoms with Crippen LogP contribution in [0.5, 0.6) is 0 Å². The predicted octanol–water partition coefficient (Wildman–Crippen LogP) is 4.38. The molecule has 0 radical (unpaired) electrons. The molecule has 0 aliphatic carbocycles. The van der Waals surface area contributed by atoms with E-state index in [-0.39, 0.29) is 10.6 Å². The zero-order valence-electron chi connectivity index (χ0n) is 15.2. The van der Waals surface area contributed by atoms with Gasteiger partial charge in [-0.3, -0.25) is 10.1 Å². The number of aryl methyl sites for hydroxylation is 2. The van der Waals surface area contributed by atoms with Gasteiger partial charge in [-0.1, -0.05) is 17.7 Å². The Balaban J connectivity index is 1.60. The van der Waals surface area contributed by atoms with Gasteiger partial charge in [0.2, 0.25) is 0 Å². The number of non-ortho nitro benzene ring substituents is 1. The maximum atomic E-state index is 10.8. The Morgan fingerprint density at radius 2 is 1.78 bits per heavy atom. The zero-order valence-corrected chi connectivity index (χ0v) is 16.8. The van der Waals surface area contributed by atoms with Crippen LogP contribution in [0.1, 0.15) is 11.1 Å². The Bertz CT molecular complexity index is 842. The molecule has 1 saturated heterocycles. The molecule has 3 rings (SSSR count). The molecule has 2 aromatic carbocycles. The van der Waals surface area contributed by atoms with E-state index in [0.717, 1.165) is 48.7 Å². The molecule has 6 nitrogen and oxygen atoms in total. The number of anilines is 2. The van der Waals surface area contributed by atoms with Crippen molar-refractivity contribution in [3.05, 3.63) is 62.7 Å². The Morgan fingerprint density at radius 1 is 1.15 bits per heavy atom. The minimum atomic E-state index is -0.385. The Morgan fingerprint density at radius 3 is 2.33 bits per heavy atom. The summed E-state index contributed by atoms with van der Waals surface area (Å²) in [6.07, 6.45) is 0. The van der Waals surface area contributed by atoms with E-state index >= 15 is 0 Å². The van der Waals surface area contributed by atoms with Crippen molar-refractivity contribution in [3.8, 4) is 0 Å². The van der Waals surface area contributed by atoms with Crippen molar-refractivity contribution in [3.63, 3.8) is 0 Å². The number of thiocarbonyl (C=S) groups is 1. The van der Waals surface area contributed by atoms with E-state index < -0.39 is 0 Å². The number of nitrogens with zero attached hydrogens (tertiary/aromatic N) is 3. The lowest BCUT2D eigenvalue weighted by Crippen LogP contribution is -2.50. The van der Waals surface area contributed by atoms with Crippen LogP contribution in [-0.4, -0.2) is 41.1 Å². The molecule has 1 fully saturated rings. The van der Waals surface area contributed by atoms with Gasteiger partial charge in [0.15, 0.2) is 5.11 Å². The van der Waals surface area contributed by atoms with Crippen LogP contribution in [0.25, 0.3) is 0 Å². The second-order valence-electron chi connectivity index (χ2n) is 6.62. The van der Waals surface area contributed by atoms with Crippen molar-refractivity contribution in [2.24, 2.45) is 0 Å². The summed E-state index contributed by atoms with van der Waals surface area (Å²) in [7, 11) is 0. The van der Waals surface area contributed by atoms with E-state index in [1.165, 1.54) is 12.1 Å². The molecule has 1 N–H and O–H groups in total. The van der Waals surface area contributed by atoms with Gasteiger partial charge in [0.25, 0.3) is 5.69 Å². The average Bonchev–Trinajstić information content (AvgIpc) is 2.64. The molecule has 0 saturated carbocycles. The third kappa shape index (κ3) is 4.48. The number of nitrogens with one attached hydrogen (secondary N) is 1. The molecular formula is C19H21ClN4O2S. The first-order valence-electron chi connectivity index (χ1n) is 8.67. The Hall–Kier alpha value is -2.38. The van der Waals surface area contributed by atoms with Crippen molar-refractivity contribution in [2.75, 3.05) is 36.4 Å². The summed E-state index contributed by atoms with van der Waals surface area (Å²) in [6.45, 7) is 7.14. The monoisotopic (exact) mass is 404 g/mol. The van der Waals surface area contributed by atoms with Crippen molar-refractivity contribution in [1.82, 2.24) is 4.90 Å². The molecule has 0 spiro atoms. The van der Waals surface area contributed by atoms with Gasteiger partial charge in [0.05, 0.1) is 15.6 Å². The SMILES string of the molecule is Cc1cc(C)c(NC(=S)N2CCN(c3ccc([N+](=O)[O-])cc3)CC2)c(Cl)c1. The second-order valence-corrected chi connectivity index (χ2v) is 7.41. The third-order valence-corrected chi connectivity index (χ3v) is 5.31. The van der Waals surface area contributed by atoms with Crippen LogP contribution in [0.4, 0.5) is 17.1 Å². The Kier molecular flexibility index (Phi) is 5.82. The van der Waals surface area contributed by atoms with Crippen molar-refractivity contribution in [2.45, 2.75) is 13.8 Å². The number of hydrogen-bond acceptors (Lipinski definition) is 4. The van der Waals surface area contributed by atoms with Gasteiger partial charge < -0.3 is 15.1 Å². The summed E-state index contributed by atoms with van der Waals surface area (Å²) in [5.74, 6) is 0. The second kappa shape index (κ2) is 8.10. The first-order chi connectivity index (χ1) is 12.8. The van der Waals surface area contributed by atoms with Crippen molar-refractivity contribution >= 4 is 46.0 Å². The van der Waals surface area contributed by atoms with E-state index in [4.69, 9.17) is 23.8 Å². The topological polar surface area (TPSA) is 61.6 Å². The van der Waals surface area contributed by atoms with Gasteiger partial charge in [-0.2, -0.15) is 0 Å². The molecule has 1 aliphatic heterocycles. The zero-order chi connectivity index (χ0) is 19.6. The number of piperazine rings is 1. The molecule has 142 valence electrons. The maximum Gasteiger partial charge on any atom is 0.269 e. The van der Waals surface area contributed by atoms with Crippen LogP contribution in [-0.2, 0) is 0 Å². The van der Waals surface area contributed by atoms with Crippen molar-refractivity contribution in [1.29, 1.82) is 0 Å². The summed E-state index contributed by atoms with van der Waals surface area (Å²) < 4.78 is 0. The van der Waals surface area contributed by atoms with Crippen LogP contribution in [0.15, 0.2) is 36.4 Å². The highest BCUT2D eigenvalue weighted by molar-refractivity contribution is 7.80. The molecule has 0 unspecified atom stereocenters. The van der Waals surface area contributed by atoms with Gasteiger partial charge in [-0.15, -0.1) is 0 Å². The van der Waals surface area contributed by atoms with E-state index in [2.05, 4.69) is 21.2 Å². The van der Waals surface area contributed by atoms with E-state index in [0.29, 0.717) is 10.1 Å². The van der Waals surface area contributed by atoms with Crippen LogP contribution >= 0.6 is 23.8 Å². The number of benzene rings is 2. The van der Waals surface area contributed by atoms with Crippen LogP contribution in [0.3, 0.4) is 0 Å². The lowest BCUT2D eigenvalue weighted by Gasteiger charge is -2.37. The van der Waals surface area contributed by atoms with E-state index in [9.17, 15) is 10.1 Å². The van der Waals surface area contributed by atoms with Crippen LogP contribution < -0.4 is 10.2 Å². The Labute approximate surface area is 168 Å². The predicted molar refractivity (Wildman–Crippen MR) is 114 cm³/mol. The molecule has 8 heteroatoms. The minimum Gasteiger partial charge on any atom is -0.368 e. The standard InChI is InChI=1S/C19H21ClN4O2S/c1-13-11-14(2)18(17(20)12-13)21-19(27)23-9-7-22(8-10-23)15-3-5-16(6-4-15)24(25)26/h3-6,11-12H,7-10H2,1-2H3,(H,21,27). The number of hydrogen-bond donors (Lipinski definition) is 1. The van der Waals surface area contributed by atoms with Gasteiger partial charge in [0.1, 0.15) is 0 Å². The van der Waals surface area contributed by atoms with Crippen LogP contribution in [0, 0.1) is 24.0 Å². The molecule has 0 bridgehead atoms. The van der Waals surface area contributed by atoms with E-state index in [1.807, 2.05) is 19.9 Å². The summed E-state index contributed by atoms with van der Waals surface area (Å²) in [5.41, 5.74) is 4.12. The summed E-state index contributed by atoms with van der Waals surface area (Å²) in [6, 6.07) is 10.7. The van der Waals surface area contributed by atoms with Gasteiger partial charge in [-0.05, 0) is 55.4 Å². The van der Waals surface area contributed by atoms with E-state index in [1.54, 1.807) is 12.1 Å². The molecule has 0 atom stereocenters. The minimum absolute atomic E-state index is 0.105. The molecule has 0 amide bonds. The van der Waals surface area contributed by atoms with Crippen molar-refractivity contribution < 1.29 is 4.92 Å². The average molecular weight is 405 g/mol. The quantitative estimate of drug-likeness (QED) is 0.465.